The summed E-state index contributed by atoms with van der Waals surface area (Å²) < 4.78 is 0. The summed E-state index contributed by atoms with van der Waals surface area (Å²) in [5, 5.41) is 13.4. The lowest BCUT2D eigenvalue weighted by molar-refractivity contribution is 0.150. The molecule has 4 heteroatoms. The topological polar surface area (TPSA) is 45.1 Å². The van der Waals surface area contributed by atoms with Gasteiger partial charge in [0.25, 0.3) is 0 Å². The van der Waals surface area contributed by atoms with Crippen LogP contribution in [0.15, 0.2) is 29.4 Å². The van der Waals surface area contributed by atoms with Gasteiger partial charge in [-0.3, -0.25) is 4.98 Å². The van der Waals surface area contributed by atoms with Crippen LogP contribution in [0.4, 0.5) is 0 Å². The number of thioether (sulfide) groups is 1. The van der Waals surface area contributed by atoms with Crippen molar-refractivity contribution in [3.8, 4) is 0 Å². The number of hydrogen-bond acceptors (Lipinski definition) is 4. The van der Waals surface area contributed by atoms with E-state index in [4.69, 9.17) is 0 Å². The SMILES string of the molecule is CC(C)NC(CO)(CSc1ccncc1)C1CC1. The Balaban J connectivity index is 2.01. The molecule has 2 N–H and O–H groups in total. The van der Waals surface area contributed by atoms with Crippen LogP contribution in [0.2, 0.25) is 0 Å². The second-order valence-electron chi connectivity index (χ2n) is 5.36. The van der Waals surface area contributed by atoms with E-state index in [-0.39, 0.29) is 12.1 Å². The van der Waals surface area contributed by atoms with Gasteiger partial charge in [0.15, 0.2) is 0 Å². The van der Waals surface area contributed by atoms with Crippen molar-refractivity contribution in [1.29, 1.82) is 0 Å². The van der Waals surface area contributed by atoms with Crippen molar-refractivity contribution >= 4 is 11.8 Å². The molecule has 3 nitrogen and oxygen atoms in total. The maximum atomic E-state index is 9.83. The van der Waals surface area contributed by atoms with Crippen molar-refractivity contribution in [1.82, 2.24) is 10.3 Å². The number of rotatable bonds is 7. The third kappa shape index (κ3) is 3.46. The van der Waals surface area contributed by atoms with Gasteiger partial charge in [-0.25, -0.2) is 0 Å². The van der Waals surface area contributed by atoms with Gasteiger partial charge >= 0.3 is 0 Å². The quantitative estimate of drug-likeness (QED) is 0.743. The molecule has 100 valence electrons. The van der Waals surface area contributed by atoms with Crippen molar-refractivity contribution in [2.75, 3.05) is 12.4 Å². The first-order chi connectivity index (χ1) is 8.66. The van der Waals surface area contributed by atoms with Gasteiger partial charge in [-0.15, -0.1) is 11.8 Å². The maximum absolute atomic E-state index is 9.83. The molecule has 0 aliphatic heterocycles. The summed E-state index contributed by atoms with van der Waals surface area (Å²) in [7, 11) is 0. The molecule has 1 saturated carbocycles. The van der Waals surface area contributed by atoms with E-state index in [1.165, 1.54) is 17.7 Å². The predicted octanol–water partition coefficient (Wildman–Crippen LogP) is 2.31. The van der Waals surface area contributed by atoms with Crippen LogP contribution in [0.1, 0.15) is 26.7 Å². The molecule has 1 unspecified atom stereocenters. The molecule has 1 aliphatic rings. The first-order valence-corrected chi connectivity index (χ1v) is 7.56. The van der Waals surface area contributed by atoms with Crippen molar-refractivity contribution in [3.63, 3.8) is 0 Å². The summed E-state index contributed by atoms with van der Waals surface area (Å²) in [4.78, 5) is 5.24. The minimum absolute atomic E-state index is 0.123. The Morgan fingerprint density at radius 2 is 2.11 bits per heavy atom. The minimum Gasteiger partial charge on any atom is -0.394 e. The highest BCUT2D eigenvalue weighted by Gasteiger charge is 2.44. The van der Waals surface area contributed by atoms with Crippen LogP contribution in [0, 0.1) is 5.92 Å². The highest BCUT2D eigenvalue weighted by atomic mass is 32.2. The van der Waals surface area contributed by atoms with E-state index in [0.29, 0.717) is 12.0 Å². The summed E-state index contributed by atoms with van der Waals surface area (Å²) in [6, 6.07) is 4.44. The van der Waals surface area contributed by atoms with Gasteiger partial charge in [-0.1, -0.05) is 13.8 Å². The third-order valence-corrected chi connectivity index (χ3v) is 4.63. The third-order valence-electron chi connectivity index (χ3n) is 3.36. The smallest absolute Gasteiger partial charge is 0.0624 e. The highest BCUT2D eigenvalue weighted by Crippen LogP contribution is 2.42. The molecular formula is C14H22N2OS. The molecule has 18 heavy (non-hydrogen) atoms. The van der Waals surface area contributed by atoms with E-state index < -0.39 is 0 Å². The normalized spacial score (nSPS) is 18.9. The van der Waals surface area contributed by atoms with Crippen LogP contribution >= 0.6 is 11.8 Å². The van der Waals surface area contributed by atoms with Gasteiger partial charge in [0.05, 0.1) is 12.1 Å². The zero-order valence-electron chi connectivity index (χ0n) is 11.1. The van der Waals surface area contributed by atoms with E-state index in [2.05, 4.69) is 24.1 Å². The fourth-order valence-electron chi connectivity index (χ4n) is 2.36. The number of aliphatic hydroxyl groups is 1. The van der Waals surface area contributed by atoms with Crippen molar-refractivity contribution in [3.05, 3.63) is 24.5 Å². The molecule has 1 fully saturated rings. The monoisotopic (exact) mass is 266 g/mol. The van der Waals surface area contributed by atoms with E-state index in [1.54, 1.807) is 11.8 Å². The van der Waals surface area contributed by atoms with Crippen LogP contribution in [-0.2, 0) is 0 Å². The molecule has 2 rings (SSSR count). The second-order valence-corrected chi connectivity index (χ2v) is 6.41. The molecule has 0 amide bonds. The largest absolute Gasteiger partial charge is 0.394 e. The van der Waals surface area contributed by atoms with Crippen LogP contribution in [0.25, 0.3) is 0 Å². The molecule has 1 atom stereocenters. The van der Waals surface area contributed by atoms with Gasteiger partial charge in [0.1, 0.15) is 0 Å². The Labute approximate surface area is 113 Å². The Morgan fingerprint density at radius 3 is 2.61 bits per heavy atom. The van der Waals surface area contributed by atoms with E-state index >= 15 is 0 Å². The number of hydrogen-bond donors (Lipinski definition) is 2. The van der Waals surface area contributed by atoms with Gasteiger partial charge in [0, 0.05) is 29.1 Å². The lowest BCUT2D eigenvalue weighted by Gasteiger charge is -2.35. The summed E-state index contributed by atoms with van der Waals surface area (Å²) in [5.74, 6) is 1.54. The standard InChI is InChI=1S/C14H22N2OS/c1-11(2)16-14(9-17,12-3-4-12)10-18-13-5-7-15-8-6-13/h5-8,11-12,16-17H,3-4,9-10H2,1-2H3. The molecule has 0 saturated heterocycles. The first-order valence-electron chi connectivity index (χ1n) is 6.58. The predicted molar refractivity (Wildman–Crippen MR) is 75.8 cm³/mol. The van der Waals surface area contributed by atoms with Crippen molar-refractivity contribution in [2.45, 2.75) is 43.2 Å². The Kier molecular flexibility index (Phi) is 4.65. The fourth-order valence-corrected chi connectivity index (χ4v) is 3.50. The number of pyridine rings is 1. The zero-order valence-corrected chi connectivity index (χ0v) is 11.9. The maximum Gasteiger partial charge on any atom is 0.0624 e. The number of nitrogens with one attached hydrogen (secondary N) is 1. The number of nitrogens with zero attached hydrogens (tertiary/aromatic N) is 1. The average Bonchev–Trinajstić information content (AvgIpc) is 3.20. The lowest BCUT2D eigenvalue weighted by Crippen LogP contribution is -2.55. The Hall–Kier alpha value is -0.580. The lowest BCUT2D eigenvalue weighted by atomic mass is 9.95. The molecule has 0 bridgehead atoms. The van der Waals surface area contributed by atoms with Gasteiger partial charge in [0.2, 0.25) is 0 Å². The Bertz CT molecular complexity index is 367. The Morgan fingerprint density at radius 1 is 1.44 bits per heavy atom. The van der Waals surface area contributed by atoms with Gasteiger partial charge in [-0.05, 0) is 30.9 Å². The average molecular weight is 266 g/mol. The molecule has 1 aromatic rings. The summed E-state index contributed by atoms with van der Waals surface area (Å²) in [6.45, 7) is 4.50. The number of aliphatic hydroxyl groups excluding tert-OH is 1. The van der Waals surface area contributed by atoms with Gasteiger partial charge in [-0.2, -0.15) is 0 Å². The summed E-state index contributed by atoms with van der Waals surface area (Å²) in [6.07, 6.45) is 6.10. The van der Waals surface area contributed by atoms with Crippen molar-refractivity contribution in [2.24, 2.45) is 5.92 Å². The molecule has 1 aromatic heterocycles. The highest BCUT2D eigenvalue weighted by molar-refractivity contribution is 7.99. The zero-order chi connectivity index (χ0) is 13.0. The summed E-state index contributed by atoms with van der Waals surface area (Å²) >= 11 is 1.80. The van der Waals surface area contributed by atoms with Crippen molar-refractivity contribution < 1.29 is 5.11 Å². The fraction of sp³-hybridized carbons (Fsp3) is 0.643. The second kappa shape index (κ2) is 6.04. The van der Waals surface area contributed by atoms with E-state index in [9.17, 15) is 5.11 Å². The van der Waals surface area contributed by atoms with Crippen LogP contribution in [0.5, 0.6) is 0 Å². The van der Waals surface area contributed by atoms with Gasteiger partial charge < -0.3 is 10.4 Å². The number of aromatic nitrogens is 1. The molecular weight excluding hydrogens is 244 g/mol. The van der Waals surface area contributed by atoms with E-state index in [1.807, 2.05) is 24.5 Å². The molecule has 1 aliphatic carbocycles. The molecule has 0 aromatic carbocycles. The molecule has 0 spiro atoms. The van der Waals surface area contributed by atoms with Crippen LogP contribution < -0.4 is 5.32 Å². The molecule has 0 radical (unpaired) electrons. The minimum atomic E-state index is -0.123. The summed E-state index contributed by atoms with van der Waals surface area (Å²) in [5.41, 5.74) is -0.123. The van der Waals surface area contributed by atoms with Crippen LogP contribution in [-0.4, -0.2) is 34.0 Å². The van der Waals surface area contributed by atoms with E-state index in [0.717, 1.165) is 5.75 Å². The molecule has 1 heterocycles. The van der Waals surface area contributed by atoms with Crippen LogP contribution in [0.3, 0.4) is 0 Å². The first kappa shape index (κ1) is 13.8.